The molecular weight excluding hydrogens is 360 g/mol. The van der Waals surface area contributed by atoms with Gasteiger partial charge in [-0.25, -0.2) is 15.2 Å². The van der Waals surface area contributed by atoms with E-state index in [1.54, 1.807) is 43.3 Å². The third-order valence-corrected chi connectivity index (χ3v) is 4.12. The van der Waals surface area contributed by atoms with Gasteiger partial charge in [-0.1, -0.05) is 24.3 Å². The van der Waals surface area contributed by atoms with Crippen LogP contribution in [0, 0.1) is 0 Å². The lowest BCUT2D eigenvalue weighted by atomic mass is 10.1. The molecule has 0 bridgehead atoms. The Kier molecular flexibility index (Phi) is 5.69. The average Bonchev–Trinajstić information content (AvgIpc) is 2.71. The van der Waals surface area contributed by atoms with Crippen molar-refractivity contribution < 1.29 is 14.6 Å². The summed E-state index contributed by atoms with van der Waals surface area (Å²) < 4.78 is 6.71. The maximum atomic E-state index is 12.6. The van der Waals surface area contributed by atoms with Crippen LogP contribution in [-0.4, -0.2) is 32.9 Å². The molecule has 0 saturated heterocycles. The summed E-state index contributed by atoms with van der Waals surface area (Å²) in [5.41, 5.74) is 4.71. The molecule has 2 aromatic carbocycles. The number of anilines is 1. The second kappa shape index (κ2) is 8.34. The van der Waals surface area contributed by atoms with Gasteiger partial charge in [0.1, 0.15) is 5.75 Å². The normalized spacial score (nSPS) is 11.4. The van der Waals surface area contributed by atoms with Gasteiger partial charge in [-0.3, -0.25) is 9.36 Å². The first kappa shape index (κ1) is 19.1. The van der Waals surface area contributed by atoms with Gasteiger partial charge < -0.3 is 9.84 Å². The van der Waals surface area contributed by atoms with Crippen molar-refractivity contribution in [3.8, 4) is 5.75 Å². The van der Waals surface area contributed by atoms with Crippen molar-refractivity contribution >= 4 is 28.5 Å². The quantitative estimate of drug-likeness (QED) is 0.482. The number of fused-ring (bicyclic) bond motifs is 1. The summed E-state index contributed by atoms with van der Waals surface area (Å²) in [5, 5.41) is 13.6. The number of carboxylic acid groups (broad SMARTS) is 1. The molecule has 0 spiro atoms. The van der Waals surface area contributed by atoms with E-state index in [1.807, 2.05) is 19.1 Å². The van der Waals surface area contributed by atoms with Crippen LogP contribution in [0.4, 0.5) is 5.95 Å². The van der Waals surface area contributed by atoms with E-state index < -0.39 is 12.6 Å². The van der Waals surface area contributed by atoms with Crippen LogP contribution in [0.2, 0.25) is 0 Å². The molecule has 3 rings (SSSR count). The number of carbonyl (C=O) groups is 1. The molecular formula is C20H20N4O4. The van der Waals surface area contributed by atoms with E-state index in [0.29, 0.717) is 34.9 Å². The fourth-order valence-electron chi connectivity index (χ4n) is 2.70. The third kappa shape index (κ3) is 4.17. The molecule has 1 aromatic heterocycles. The van der Waals surface area contributed by atoms with Crippen molar-refractivity contribution in [1.82, 2.24) is 9.55 Å². The number of aliphatic carboxylic acids is 1. The lowest BCUT2D eigenvalue weighted by Gasteiger charge is -2.11. The number of nitrogens with zero attached hydrogens (tertiary/aromatic N) is 3. The molecule has 0 aliphatic heterocycles. The lowest BCUT2D eigenvalue weighted by Crippen LogP contribution is -2.23. The van der Waals surface area contributed by atoms with E-state index in [9.17, 15) is 9.59 Å². The Morgan fingerprint density at radius 1 is 1.25 bits per heavy atom. The molecule has 1 heterocycles. The second-order valence-corrected chi connectivity index (χ2v) is 6.02. The number of carboxylic acids is 1. The Bertz CT molecular complexity index is 1100. The van der Waals surface area contributed by atoms with Crippen LogP contribution in [0.3, 0.4) is 0 Å². The minimum absolute atomic E-state index is 0.132. The third-order valence-electron chi connectivity index (χ3n) is 4.12. The van der Waals surface area contributed by atoms with E-state index >= 15 is 0 Å². The van der Waals surface area contributed by atoms with Gasteiger partial charge >= 0.3 is 5.97 Å². The molecule has 3 aromatic rings. The Labute approximate surface area is 161 Å². The maximum Gasteiger partial charge on any atom is 0.341 e. The minimum Gasteiger partial charge on any atom is -0.482 e. The van der Waals surface area contributed by atoms with Crippen LogP contribution < -0.4 is 15.7 Å². The van der Waals surface area contributed by atoms with Crippen LogP contribution in [0.25, 0.3) is 10.9 Å². The van der Waals surface area contributed by atoms with E-state index in [1.165, 1.54) is 4.57 Å². The highest BCUT2D eigenvalue weighted by atomic mass is 16.5. The molecule has 0 unspecified atom stereocenters. The monoisotopic (exact) mass is 380 g/mol. The second-order valence-electron chi connectivity index (χ2n) is 6.02. The zero-order valence-electron chi connectivity index (χ0n) is 15.5. The molecule has 0 atom stereocenters. The number of hydrogen-bond donors (Lipinski definition) is 2. The molecule has 28 heavy (non-hydrogen) atoms. The number of para-hydroxylation sites is 1. The van der Waals surface area contributed by atoms with Gasteiger partial charge in [0, 0.05) is 12.1 Å². The average molecular weight is 380 g/mol. The van der Waals surface area contributed by atoms with Crippen LogP contribution >= 0.6 is 0 Å². The predicted molar refractivity (Wildman–Crippen MR) is 107 cm³/mol. The highest BCUT2D eigenvalue weighted by molar-refractivity contribution is 5.99. The topological polar surface area (TPSA) is 106 Å². The Hall–Kier alpha value is -3.68. The summed E-state index contributed by atoms with van der Waals surface area (Å²) in [7, 11) is 0. The highest BCUT2D eigenvalue weighted by Crippen LogP contribution is 2.15. The van der Waals surface area contributed by atoms with E-state index in [-0.39, 0.29) is 5.56 Å². The Balaban J connectivity index is 1.88. The molecule has 0 fully saturated rings. The molecule has 144 valence electrons. The summed E-state index contributed by atoms with van der Waals surface area (Å²) in [6.45, 7) is 3.69. The molecule has 0 amide bonds. The minimum atomic E-state index is -1.04. The van der Waals surface area contributed by atoms with E-state index in [0.717, 1.165) is 5.56 Å². The zero-order chi connectivity index (χ0) is 20.1. The fraction of sp³-hybridized carbons (Fsp3) is 0.200. The number of aromatic nitrogens is 2. The molecule has 0 radical (unpaired) electrons. The largest absolute Gasteiger partial charge is 0.482 e. The zero-order valence-corrected chi connectivity index (χ0v) is 15.5. The molecule has 0 saturated carbocycles. The molecule has 0 aliphatic rings. The van der Waals surface area contributed by atoms with Crippen LogP contribution in [0.1, 0.15) is 19.4 Å². The number of nitrogens with one attached hydrogen (secondary N) is 1. The summed E-state index contributed by atoms with van der Waals surface area (Å²) in [4.78, 5) is 27.8. The number of benzene rings is 2. The van der Waals surface area contributed by atoms with Crippen molar-refractivity contribution in [1.29, 1.82) is 0 Å². The van der Waals surface area contributed by atoms with Gasteiger partial charge in [0.15, 0.2) is 6.61 Å². The van der Waals surface area contributed by atoms with Crippen molar-refractivity contribution in [3.63, 3.8) is 0 Å². The Morgan fingerprint density at radius 3 is 2.79 bits per heavy atom. The Morgan fingerprint density at radius 2 is 2.04 bits per heavy atom. The van der Waals surface area contributed by atoms with Gasteiger partial charge in [0.2, 0.25) is 5.95 Å². The fourth-order valence-corrected chi connectivity index (χ4v) is 2.70. The van der Waals surface area contributed by atoms with Crippen molar-refractivity contribution in [2.45, 2.75) is 20.4 Å². The van der Waals surface area contributed by atoms with Crippen LogP contribution in [0.5, 0.6) is 5.75 Å². The number of hydrogen-bond acceptors (Lipinski definition) is 6. The van der Waals surface area contributed by atoms with Gasteiger partial charge in [-0.15, -0.1) is 0 Å². The SMILES string of the molecule is CCn1c(N/N=C(/C)c2cccc(OCC(=O)O)c2)nc2ccccc2c1=O. The standard InChI is InChI=1S/C20H20N4O4/c1-3-24-19(27)16-9-4-5-10-17(16)21-20(24)23-22-13(2)14-7-6-8-15(11-14)28-12-18(25)26/h4-11H,3,12H2,1-2H3,(H,21,23)(H,25,26)/b22-13-. The predicted octanol–water partition coefficient (Wildman–Crippen LogP) is 2.72. The smallest absolute Gasteiger partial charge is 0.341 e. The number of rotatable bonds is 7. The number of hydrazone groups is 1. The van der Waals surface area contributed by atoms with E-state index in [4.69, 9.17) is 9.84 Å². The van der Waals surface area contributed by atoms with Gasteiger partial charge in [0.05, 0.1) is 16.6 Å². The maximum absolute atomic E-state index is 12.6. The van der Waals surface area contributed by atoms with Crippen LogP contribution in [-0.2, 0) is 11.3 Å². The van der Waals surface area contributed by atoms with Crippen molar-refractivity contribution in [2.75, 3.05) is 12.0 Å². The highest BCUT2D eigenvalue weighted by Gasteiger charge is 2.09. The van der Waals surface area contributed by atoms with Gasteiger partial charge in [-0.2, -0.15) is 5.10 Å². The van der Waals surface area contributed by atoms with Crippen molar-refractivity contribution in [2.24, 2.45) is 5.10 Å². The lowest BCUT2D eigenvalue weighted by molar-refractivity contribution is -0.139. The molecule has 8 nitrogen and oxygen atoms in total. The first-order chi connectivity index (χ1) is 13.5. The van der Waals surface area contributed by atoms with Crippen molar-refractivity contribution in [3.05, 3.63) is 64.4 Å². The summed E-state index contributed by atoms with van der Waals surface area (Å²) in [6, 6.07) is 14.1. The summed E-state index contributed by atoms with van der Waals surface area (Å²) in [6.07, 6.45) is 0. The first-order valence-corrected chi connectivity index (χ1v) is 8.74. The molecule has 8 heteroatoms. The van der Waals surface area contributed by atoms with Crippen LogP contribution in [0.15, 0.2) is 58.4 Å². The van der Waals surface area contributed by atoms with Gasteiger partial charge in [-0.05, 0) is 38.1 Å². The molecule has 0 aliphatic carbocycles. The summed E-state index contributed by atoms with van der Waals surface area (Å²) in [5.74, 6) is -0.259. The molecule has 2 N–H and O–H groups in total. The first-order valence-electron chi connectivity index (χ1n) is 8.74. The number of ether oxygens (including phenoxy) is 1. The summed E-state index contributed by atoms with van der Waals surface area (Å²) >= 11 is 0. The van der Waals surface area contributed by atoms with Gasteiger partial charge in [0.25, 0.3) is 5.56 Å². The van der Waals surface area contributed by atoms with E-state index in [2.05, 4.69) is 15.5 Å².